The summed E-state index contributed by atoms with van der Waals surface area (Å²) < 4.78 is 0. The van der Waals surface area contributed by atoms with E-state index in [9.17, 15) is 0 Å². The van der Waals surface area contributed by atoms with Crippen molar-refractivity contribution in [2.24, 2.45) is 0 Å². The van der Waals surface area contributed by atoms with Crippen molar-refractivity contribution < 1.29 is 0 Å². The predicted octanol–water partition coefficient (Wildman–Crippen LogP) is 4.77. The lowest BCUT2D eigenvalue weighted by Crippen LogP contribution is -2.17. The Morgan fingerprint density at radius 1 is 0.947 bits per heavy atom. The third-order valence-corrected chi connectivity index (χ3v) is 4.49. The van der Waals surface area contributed by atoms with Gasteiger partial charge in [-0.2, -0.15) is 0 Å². The molecular formula is C17H21NS. The summed E-state index contributed by atoms with van der Waals surface area (Å²) in [6.45, 7) is 4.37. The van der Waals surface area contributed by atoms with Gasteiger partial charge in [0.2, 0.25) is 0 Å². The molecule has 0 aliphatic heterocycles. The van der Waals surface area contributed by atoms with Crippen molar-refractivity contribution >= 4 is 11.8 Å². The fourth-order valence-electron chi connectivity index (χ4n) is 1.93. The Balaban J connectivity index is 2.27. The van der Waals surface area contributed by atoms with Gasteiger partial charge in [-0.15, -0.1) is 0 Å². The van der Waals surface area contributed by atoms with Gasteiger partial charge in [0, 0.05) is 15.8 Å². The second kappa shape index (κ2) is 6.27. The summed E-state index contributed by atoms with van der Waals surface area (Å²) in [6, 6.07) is 17.8. The van der Waals surface area contributed by atoms with E-state index in [2.05, 4.69) is 81.4 Å². The summed E-state index contributed by atoms with van der Waals surface area (Å²) in [5.41, 5.74) is 2.69. The van der Waals surface area contributed by atoms with Crippen LogP contribution in [0.25, 0.3) is 0 Å². The van der Waals surface area contributed by atoms with Crippen LogP contribution < -0.4 is 0 Å². The average Bonchev–Trinajstić information content (AvgIpc) is 2.41. The summed E-state index contributed by atoms with van der Waals surface area (Å²) in [7, 11) is 4.25. The van der Waals surface area contributed by atoms with Gasteiger partial charge in [0.15, 0.2) is 0 Å². The molecule has 0 spiro atoms. The molecule has 0 aromatic heterocycles. The van der Waals surface area contributed by atoms with Crippen molar-refractivity contribution in [1.82, 2.24) is 4.90 Å². The maximum atomic E-state index is 2.24. The SMILES string of the molecule is Cc1ccc(Sc2ccccc2C(C)N(C)C)cc1. The first-order valence-corrected chi connectivity index (χ1v) is 7.39. The lowest BCUT2D eigenvalue weighted by Gasteiger charge is -2.22. The normalized spacial score (nSPS) is 12.7. The van der Waals surface area contributed by atoms with Crippen LogP contribution in [0.1, 0.15) is 24.1 Å². The van der Waals surface area contributed by atoms with Crippen LogP contribution in [-0.4, -0.2) is 19.0 Å². The lowest BCUT2D eigenvalue weighted by atomic mass is 10.1. The molecule has 1 atom stereocenters. The maximum Gasteiger partial charge on any atom is 0.0325 e. The van der Waals surface area contributed by atoms with Gasteiger partial charge in [0.1, 0.15) is 0 Å². The van der Waals surface area contributed by atoms with Crippen molar-refractivity contribution in [3.05, 3.63) is 59.7 Å². The first kappa shape index (κ1) is 14.2. The van der Waals surface area contributed by atoms with E-state index in [1.54, 1.807) is 0 Å². The molecule has 0 N–H and O–H groups in total. The Bertz CT molecular complexity index is 531. The third-order valence-electron chi connectivity index (χ3n) is 3.39. The molecule has 2 rings (SSSR count). The van der Waals surface area contributed by atoms with Crippen molar-refractivity contribution in [1.29, 1.82) is 0 Å². The Hall–Kier alpha value is -1.25. The Morgan fingerprint density at radius 2 is 1.58 bits per heavy atom. The van der Waals surface area contributed by atoms with Gasteiger partial charge in [0.25, 0.3) is 0 Å². The summed E-state index contributed by atoms with van der Waals surface area (Å²) in [5.74, 6) is 0. The highest BCUT2D eigenvalue weighted by Gasteiger charge is 2.12. The maximum absolute atomic E-state index is 2.24. The molecule has 2 heteroatoms. The number of hydrogen-bond acceptors (Lipinski definition) is 2. The van der Waals surface area contributed by atoms with Crippen molar-refractivity contribution in [3.63, 3.8) is 0 Å². The standard InChI is InChI=1S/C17H21NS/c1-13-9-11-15(12-10-13)19-17-8-6-5-7-16(17)14(2)18(3)4/h5-12,14H,1-4H3. The van der Waals surface area contributed by atoms with Gasteiger partial charge >= 0.3 is 0 Å². The van der Waals surface area contributed by atoms with Crippen LogP contribution in [-0.2, 0) is 0 Å². The highest BCUT2D eigenvalue weighted by atomic mass is 32.2. The Labute approximate surface area is 120 Å². The van der Waals surface area contributed by atoms with E-state index >= 15 is 0 Å². The first-order chi connectivity index (χ1) is 9.08. The van der Waals surface area contributed by atoms with Crippen LogP contribution in [0.15, 0.2) is 58.3 Å². The van der Waals surface area contributed by atoms with E-state index in [4.69, 9.17) is 0 Å². The smallest absolute Gasteiger partial charge is 0.0325 e. The quantitative estimate of drug-likeness (QED) is 0.788. The highest BCUT2D eigenvalue weighted by molar-refractivity contribution is 7.99. The van der Waals surface area contributed by atoms with Gasteiger partial charge < -0.3 is 4.90 Å². The van der Waals surface area contributed by atoms with Crippen molar-refractivity contribution in [2.75, 3.05) is 14.1 Å². The molecular weight excluding hydrogens is 250 g/mol. The molecule has 0 fully saturated rings. The summed E-state index contributed by atoms with van der Waals surface area (Å²) in [4.78, 5) is 4.88. The molecule has 100 valence electrons. The molecule has 19 heavy (non-hydrogen) atoms. The number of nitrogens with zero attached hydrogens (tertiary/aromatic N) is 1. The van der Waals surface area contributed by atoms with E-state index in [1.165, 1.54) is 20.9 Å². The Kier molecular flexibility index (Phi) is 4.67. The topological polar surface area (TPSA) is 3.24 Å². The fraction of sp³-hybridized carbons (Fsp3) is 0.294. The number of aryl methyl sites for hydroxylation is 1. The number of hydrogen-bond donors (Lipinski definition) is 0. The minimum absolute atomic E-state index is 0.425. The van der Waals surface area contributed by atoms with E-state index in [1.807, 2.05) is 11.8 Å². The fourth-order valence-corrected chi connectivity index (χ4v) is 2.96. The molecule has 1 nitrogen and oxygen atoms in total. The Morgan fingerprint density at radius 3 is 2.21 bits per heavy atom. The molecule has 2 aromatic rings. The zero-order valence-corrected chi connectivity index (χ0v) is 12.9. The highest BCUT2D eigenvalue weighted by Crippen LogP contribution is 2.34. The van der Waals surface area contributed by atoms with Crippen LogP contribution in [0.2, 0.25) is 0 Å². The lowest BCUT2D eigenvalue weighted by molar-refractivity contribution is 0.317. The minimum atomic E-state index is 0.425. The number of rotatable bonds is 4. The monoisotopic (exact) mass is 271 g/mol. The van der Waals surface area contributed by atoms with Crippen LogP contribution in [0, 0.1) is 6.92 Å². The van der Waals surface area contributed by atoms with Crippen molar-refractivity contribution in [2.45, 2.75) is 29.7 Å². The zero-order valence-electron chi connectivity index (χ0n) is 12.1. The predicted molar refractivity (Wildman–Crippen MR) is 83.8 cm³/mol. The molecule has 0 aliphatic carbocycles. The van der Waals surface area contributed by atoms with Crippen molar-refractivity contribution in [3.8, 4) is 0 Å². The third kappa shape index (κ3) is 3.62. The van der Waals surface area contributed by atoms with E-state index in [0.717, 1.165) is 0 Å². The molecule has 0 bridgehead atoms. The van der Waals surface area contributed by atoms with Gasteiger partial charge in [0.05, 0.1) is 0 Å². The van der Waals surface area contributed by atoms with Gasteiger partial charge in [-0.1, -0.05) is 47.7 Å². The molecule has 0 radical (unpaired) electrons. The van der Waals surface area contributed by atoms with Crippen LogP contribution >= 0.6 is 11.8 Å². The molecule has 0 saturated carbocycles. The molecule has 0 aliphatic rings. The molecule has 0 heterocycles. The van der Waals surface area contributed by atoms with Gasteiger partial charge in [-0.3, -0.25) is 0 Å². The van der Waals surface area contributed by atoms with E-state index < -0.39 is 0 Å². The van der Waals surface area contributed by atoms with E-state index in [0.29, 0.717) is 6.04 Å². The average molecular weight is 271 g/mol. The molecule has 2 aromatic carbocycles. The van der Waals surface area contributed by atoms with Crippen LogP contribution in [0.5, 0.6) is 0 Å². The minimum Gasteiger partial charge on any atom is -0.303 e. The van der Waals surface area contributed by atoms with Crippen LogP contribution in [0.3, 0.4) is 0 Å². The first-order valence-electron chi connectivity index (χ1n) is 6.58. The van der Waals surface area contributed by atoms with Crippen LogP contribution in [0.4, 0.5) is 0 Å². The second-order valence-electron chi connectivity index (χ2n) is 5.09. The zero-order chi connectivity index (χ0) is 13.8. The largest absolute Gasteiger partial charge is 0.303 e. The second-order valence-corrected chi connectivity index (χ2v) is 6.21. The summed E-state index contributed by atoms with van der Waals surface area (Å²) in [5, 5.41) is 0. The summed E-state index contributed by atoms with van der Waals surface area (Å²) >= 11 is 1.84. The van der Waals surface area contributed by atoms with Gasteiger partial charge in [-0.25, -0.2) is 0 Å². The van der Waals surface area contributed by atoms with Gasteiger partial charge in [-0.05, 0) is 51.7 Å². The molecule has 0 saturated heterocycles. The molecule has 1 unspecified atom stereocenters. The number of benzene rings is 2. The van der Waals surface area contributed by atoms with E-state index in [-0.39, 0.29) is 0 Å². The summed E-state index contributed by atoms with van der Waals surface area (Å²) in [6.07, 6.45) is 0. The molecule has 0 amide bonds.